The predicted octanol–water partition coefficient (Wildman–Crippen LogP) is 2.77. The average Bonchev–Trinajstić information content (AvgIpc) is 2.67. The molecule has 0 spiro atoms. The zero-order chi connectivity index (χ0) is 13.2. The number of fused-ring (bicyclic) bond motifs is 1. The van der Waals surface area contributed by atoms with Gasteiger partial charge in [-0.3, -0.25) is 9.48 Å². The number of hydrogen-bond donors (Lipinski definition) is 0. The quantitative estimate of drug-likeness (QED) is 0.782. The Balaban J connectivity index is 2.00. The maximum absolute atomic E-state index is 11.6. The Morgan fingerprint density at radius 3 is 2.78 bits per heavy atom. The lowest BCUT2D eigenvalue weighted by molar-refractivity contribution is -0.155. The van der Waals surface area contributed by atoms with Gasteiger partial charge in [0, 0.05) is 5.39 Å². The molecular weight excluding hydrogens is 228 g/mol. The SMILES string of the molecule is CC(C)(C)OC(=O)CCn1ncc2ccccc21. The highest BCUT2D eigenvalue weighted by molar-refractivity contribution is 5.78. The first-order valence-corrected chi connectivity index (χ1v) is 6.08. The molecule has 1 heterocycles. The van der Waals surface area contributed by atoms with Crippen LogP contribution < -0.4 is 0 Å². The van der Waals surface area contributed by atoms with Crippen LogP contribution in [-0.4, -0.2) is 21.4 Å². The first-order chi connectivity index (χ1) is 8.46. The molecule has 1 aromatic carbocycles. The topological polar surface area (TPSA) is 44.1 Å². The van der Waals surface area contributed by atoms with E-state index in [0.717, 1.165) is 10.9 Å². The van der Waals surface area contributed by atoms with E-state index >= 15 is 0 Å². The summed E-state index contributed by atoms with van der Waals surface area (Å²) in [4.78, 5) is 11.6. The Bertz CT molecular complexity index is 552. The van der Waals surface area contributed by atoms with Crippen molar-refractivity contribution in [2.24, 2.45) is 0 Å². The summed E-state index contributed by atoms with van der Waals surface area (Å²) in [5, 5.41) is 5.36. The Morgan fingerprint density at radius 1 is 1.33 bits per heavy atom. The molecule has 0 radical (unpaired) electrons. The van der Waals surface area contributed by atoms with Crippen LogP contribution in [0.5, 0.6) is 0 Å². The monoisotopic (exact) mass is 246 g/mol. The molecule has 4 heteroatoms. The first kappa shape index (κ1) is 12.6. The van der Waals surface area contributed by atoms with Gasteiger partial charge in [0.1, 0.15) is 5.60 Å². The summed E-state index contributed by atoms with van der Waals surface area (Å²) < 4.78 is 7.10. The van der Waals surface area contributed by atoms with Gasteiger partial charge >= 0.3 is 5.97 Å². The van der Waals surface area contributed by atoms with Crippen LogP contribution >= 0.6 is 0 Å². The summed E-state index contributed by atoms with van der Waals surface area (Å²) in [6.07, 6.45) is 2.15. The minimum atomic E-state index is -0.427. The number of carbonyl (C=O) groups excluding carboxylic acids is 1. The van der Waals surface area contributed by atoms with Gasteiger partial charge in [0.05, 0.1) is 24.7 Å². The lowest BCUT2D eigenvalue weighted by Gasteiger charge is -2.19. The van der Waals surface area contributed by atoms with Gasteiger partial charge in [-0.15, -0.1) is 0 Å². The van der Waals surface area contributed by atoms with E-state index in [2.05, 4.69) is 5.10 Å². The number of esters is 1. The fourth-order valence-corrected chi connectivity index (χ4v) is 1.79. The Morgan fingerprint density at radius 2 is 2.06 bits per heavy atom. The Kier molecular flexibility index (Phi) is 3.36. The van der Waals surface area contributed by atoms with E-state index in [0.29, 0.717) is 13.0 Å². The van der Waals surface area contributed by atoms with Gasteiger partial charge < -0.3 is 4.74 Å². The van der Waals surface area contributed by atoms with Crippen molar-refractivity contribution in [2.45, 2.75) is 39.3 Å². The third-order valence-electron chi connectivity index (χ3n) is 2.50. The van der Waals surface area contributed by atoms with Gasteiger partial charge in [-0.05, 0) is 26.8 Å². The summed E-state index contributed by atoms with van der Waals surface area (Å²) in [5.74, 6) is -0.193. The van der Waals surface area contributed by atoms with E-state index in [1.54, 1.807) is 0 Å². The molecule has 2 rings (SSSR count). The molecule has 1 aromatic heterocycles. The molecular formula is C14H18N2O2. The largest absolute Gasteiger partial charge is 0.460 e. The maximum Gasteiger partial charge on any atom is 0.308 e. The van der Waals surface area contributed by atoms with Gasteiger partial charge in [0.15, 0.2) is 0 Å². The number of benzene rings is 1. The first-order valence-electron chi connectivity index (χ1n) is 6.08. The van der Waals surface area contributed by atoms with Gasteiger partial charge in [0.2, 0.25) is 0 Å². The molecule has 0 atom stereocenters. The van der Waals surface area contributed by atoms with Crippen LogP contribution in [0.4, 0.5) is 0 Å². The molecule has 0 bridgehead atoms. The molecule has 2 aromatic rings. The van der Waals surface area contributed by atoms with Crippen molar-refractivity contribution in [1.29, 1.82) is 0 Å². The predicted molar refractivity (Wildman–Crippen MR) is 70.2 cm³/mol. The van der Waals surface area contributed by atoms with E-state index in [-0.39, 0.29) is 5.97 Å². The number of ether oxygens (including phenoxy) is 1. The second-order valence-corrected chi connectivity index (χ2v) is 5.26. The number of aromatic nitrogens is 2. The van der Waals surface area contributed by atoms with E-state index in [4.69, 9.17) is 4.74 Å². The minimum absolute atomic E-state index is 0.193. The Labute approximate surface area is 107 Å². The van der Waals surface area contributed by atoms with Crippen molar-refractivity contribution >= 4 is 16.9 Å². The molecule has 0 amide bonds. The van der Waals surface area contributed by atoms with Crippen molar-refractivity contribution in [2.75, 3.05) is 0 Å². The lowest BCUT2D eigenvalue weighted by Crippen LogP contribution is -2.24. The number of rotatable bonds is 3. The summed E-state index contributed by atoms with van der Waals surface area (Å²) >= 11 is 0. The van der Waals surface area contributed by atoms with Crippen LogP contribution in [-0.2, 0) is 16.1 Å². The molecule has 0 saturated carbocycles. The van der Waals surface area contributed by atoms with Crippen molar-refractivity contribution in [3.8, 4) is 0 Å². The molecule has 4 nitrogen and oxygen atoms in total. The second kappa shape index (κ2) is 4.80. The van der Waals surface area contributed by atoms with Crippen LogP contribution in [0.2, 0.25) is 0 Å². The fraction of sp³-hybridized carbons (Fsp3) is 0.429. The van der Waals surface area contributed by atoms with Gasteiger partial charge in [-0.1, -0.05) is 18.2 Å². The molecule has 0 aliphatic carbocycles. The van der Waals surface area contributed by atoms with Crippen LogP contribution in [0.25, 0.3) is 10.9 Å². The molecule has 0 aliphatic rings. The van der Waals surface area contributed by atoms with Crippen LogP contribution in [0, 0.1) is 0 Å². The highest BCUT2D eigenvalue weighted by atomic mass is 16.6. The van der Waals surface area contributed by atoms with Crippen molar-refractivity contribution in [3.63, 3.8) is 0 Å². The molecule has 18 heavy (non-hydrogen) atoms. The summed E-state index contributed by atoms with van der Waals surface area (Å²) in [5.41, 5.74) is 0.615. The van der Waals surface area contributed by atoms with Crippen molar-refractivity contribution in [1.82, 2.24) is 9.78 Å². The minimum Gasteiger partial charge on any atom is -0.460 e. The number of carbonyl (C=O) groups is 1. The highest BCUT2D eigenvalue weighted by Crippen LogP contribution is 2.14. The van der Waals surface area contributed by atoms with E-state index in [1.807, 2.05) is 55.9 Å². The van der Waals surface area contributed by atoms with Gasteiger partial charge in [0.25, 0.3) is 0 Å². The number of para-hydroxylation sites is 1. The third-order valence-corrected chi connectivity index (χ3v) is 2.50. The van der Waals surface area contributed by atoms with Crippen LogP contribution in [0.1, 0.15) is 27.2 Å². The smallest absolute Gasteiger partial charge is 0.308 e. The molecule has 0 saturated heterocycles. The molecule has 0 unspecified atom stereocenters. The van der Waals surface area contributed by atoms with Gasteiger partial charge in [-0.25, -0.2) is 0 Å². The number of aryl methyl sites for hydroxylation is 1. The van der Waals surface area contributed by atoms with Crippen LogP contribution in [0.3, 0.4) is 0 Å². The summed E-state index contributed by atoms with van der Waals surface area (Å²) in [7, 11) is 0. The normalized spacial score (nSPS) is 11.7. The summed E-state index contributed by atoms with van der Waals surface area (Å²) in [6, 6.07) is 7.94. The van der Waals surface area contributed by atoms with E-state index < -0.39 is 5.60 Å². The zero-order valence-corrected chi connectivity index (χ0v) is 11.0. The second-order valence-electron chi connectivity index (χ2n) is 5.26. The highest BCUT2D eigenvalue weighted by Gasteiger charge is 2.16. The maximum atomic E-state index is 11.6. The molecule has 0 N–H and O–H groups in total. The van der Waals surface area contributed by atoms with E-state index in [1.165, 1.54) is 0 Å². The van der Waals surface area contributed by atoms with Crippen LogP contribution in [0.15, 0.2) is 30.5 Å². The summed E-state index contributed by atoms with van der Waals surface area (Å²) in [6.45, 7) is 6.15. The van der Waals surface area contributed by atoms with Crippen molar-refractivity contribution in [3.05, 3.63) is 30.5 Å². The van der Waals surface area contributed by atoms with Gasteiger partial charge in [-0.2, -0.15) is 5.10 Å². The van der Waals surface area contributed by atoms with E-state index in [9.17, 15) is 4.79 Å². The molecule has 0 fully saturated rings. The Hall–Kier alpha value is -1.84. The average molecular weight is 246 g/mol. The standard InChI is InChI=1S/C14H18N2O2/c1-14(2,3)18-13(17)8-9-16-12-7-5-4-6-11(12)10-15-16/h4-7,10H,8-9H2,1-3H3. The lowest BCUT2D eigenvalue weighted by atomic mass is 10.2. The fourth-order valence-electron chi connectivity index (χ4n) is 1.79. The molecule has 96 valence electrons. The number of nitrogens with zero attached hydrogens (tertiary/aromatic N) is 2. The zero-order valence-electron chi connectivity index (χ0n) is 11.0. The molecule has 0 aliphatic heterocycles. The number of hydrogen-bond acceptors (Lipinski definition) is 3. The third kappa shape index (κ3) is 3.09. The van der Waals surface area contributed by atoms with Crippen molar-refractivity contribution < 1.29 is 9.53 Å².